The van der Waals surface area contributed by atoms with Crippen molar-refractivity contribution in [3.63, 3.8) is 0 Å². The summed E-state index contributed by atoms with van der Waals surface area (Å²) in [5.41, 5.74) is 0. The molecule has 0 heterocycles. The highest BCUT2D eigenvalue weighted by molar-refractivity contribution is 6.32. The molecule has 0 aliphatic heterocycles. The average Bonchev–Trinajstić information content (AvgIpc) is 2.43. The summed E-state index contributed by atoms with van der Waals surface area (Å²) in [5, 5.41) is 3.70. The predicted octanol–water partition coefficient (Wildman–Crippen LogP) is 3.80. The van der Waals surface area contributed by atoms with E-state index >= 15 is 0 Å². The Morgan fingerprint density at radius 2 is 2.10 bits per heavy atom. The van der Waals surface area contributed by atoms with Crippen molar-refractivity contribution in [2.45, 2.75) is 45.1 Å². The maximum Gasteiger partial charge on any atom is 0.223 e. The quantitative estimate of drug-likeness (QED) is 0.897. The molecule has 1 aromatic carbocycles. The van der Waals surface area contributed by atoms with Gasteiger partial charge in [-0.15, -0.1) is 0 Å². The van der Waals surface area contributed by atoms with Gasteiger partial charge >= 0.3 is 0 Å². The SMILES string of the molecule is CC1CCCCC1NC(=O)CCOc1ccccc1Cl. The largest absolute Gasteiger partial charge is 0.491 e. The topological polar surface area (TPSA) is 38.3 Å². The Hall–Kier alpha value is -1.22. The molecular weight excluding hydrogens is 274 g/mol. The third kappa shape index (κ3) is 4.41. The molecule has 1 aliphatic carbocycles. The normalized spacial score (nSPS) is 22.3. The van der Waals surface area contributed by atoms with Gasteiger partial charge in [0.25, 0.3) is 0 Å². The molecule has 0 radical (unpaired) electrons. The molecule has 2 unspecified atom stereocenters. The Kier molecular flexibility index (Phi) is 5.72. The van der Waals surface area contributed by atoms with Crippen molar-refractivity contribution < 1.29 is 9.53 Å². The van der Waals surface area contributed by atoms with E-state index in [0.29, 0.717) is 35.8 Å². The van der Waals surface area contributed by atoms with E-state index in [9.17, 15) is 4.79 Å². The number of carbonyl (C=O) groups excluding carboxylic acids is 1. The number of ether oxygens (including phenoxy) is 1. The van der Waals surface area contributed by atoms with Gasteiger partial charge in [-0.05, 0) is 30.9 Å². The summed E-state index contributed by atoms with van der Waals surface area (Å²) in [6, 6.07) is 7.64. The molecule has 0 bridgehead atoms. The number of carbonyl (C=O) groups is 1. The van der Waals surface area contributed by atoms with E-state index in [1.165, 1.54) is 19.3 Å². The van der Waals surface area contributed by atoms with Crippen LogP contribution >= 0.6 is 11.6 Å². The summed E-state index contributed by atoms with van der Waals surface area (Å²) in [6.07, 6.45) is 5.17. The molecule has 3 nitrogen and oxygen atoms in total. The fourth-order valence-electron chi connectivity index (χ4n) is 2.63. The summed E-state index contributed by atoms with van der Waals surface area (Å²) >= 11 is 5.99. The molecule has 1 aromatic rings. The number of benzene rings is 1. The third-order valence-electron chi connectivity index (χ3n) is 3.88. The van der Waals surface area contributed by atoms with Gasteiger partial charge in [-0.3, -0.25) is 4.79 Å². The Bertz CT molecular complexity index is 450. The van der Waals surface area contributed by atoms with Gasteiger partial charge in [0.15, 0.2) is 0 Å². The van der Waals surface area contributed by atoms with E-state index in [2.05, 4.69) is 12.2 Å². The first-order valence-corrected chi connectivity index (χ1v) is 7.71. The number of nitrogens with one attached hydrogen (secondary N) is 1. The lowest BCUT2D eigenvalue weighted by Gasteiger charge is -2.29. The summed E-state index contributed by atoms with van der Waals surface area (Å²) in [4.78, 5) is 11.9. The smallest absolute Gasteiger partial charge is 0.223 e. The Morgan fingerprint density at radius 1 is 1.35 bits per heavy atom. The van der Waals surface area contributed by atoms with Crippen LogP contribution in [0, 0.1) is 5.92 Å². The van der Waals surface area contributed by atoms with Crippen molar-refractivity contribution in [1.29, 1.82) is 0 Å². The van der Waals surface area contributed by atoms with Crippen LogP contribution in [0.1, 0.15) is 39.0 Å². The van der Waals surface area contributed by atoms with Gasteiger partial charge in [0.2, 0.25) is 5.91 Å². The van der Waals surface area contributed by atoms with E-state index in [4.69, 9.17) is 16.3 Å². The zero-order chi connectivity index (χ0) is 14.4. The molecule has 1 N–H and O–H groups in total. The highest BCUT2D eigenvalue weighted by atomic mass is 35.5. The molecule has 20 heavy (non-hydrogen) atoms. The molecule has 0 saturated heterocycles. The first-order chi connectivity index (χ1) is 9.66. The zero-order valence-electron chi connectivity index (χ0n) is 11.9. The second-order valence-corrected chi connectivity index (χ2v) is 5.87. The highest BCUT2D eigenvalue weighted by Crippen LogP contribution is 2.24. The molecule has 4 heteroatoms. The first-order valence-electron chi connectivity index (χ1n) is 7.33. The van der Waals surface area contributed by atoms with Crippen molar-refractivity contribution in [3.05, 3.63) is 29.3 Å². The van der Waals surface area contributed by atoms with E-state index in [0.717, 1.165) is 6.42 Å². The summed E-state index contributed by atoms with van der Waals surface area (Å²) in [5.74, 6) is 1.28. The van der Waals surface area contributed by atoms with Gasteiger partial charge in [0, 0.05) is 6.04 Å². The van der Waals surface area contributed by atoms with Gasteiger partial charge in [-0.1, -0.05) is 43.5 Å². The second kappa shape index (κ2) is 7.53. The van der Waals surface area contributed by atoms with Gasteiger partial charge in [-0.25, -0.2) is 0 Å². The molecule has 110 valence electrons. The van der Waals surface area contributed by atoms with E-state index < -0.39 is 0 Å². The zero-order valence-corrected chi connectivity index (χ0v) is 12.7. The monoisotopic (exact) mass is 295 g/mol. The van der Waals surface area contributed by atoms with E-state index in [1.807, 2.05) is 18.2 Å². The molecule has 2 rings (SSSR count). The van der Waals surface area contributed by atoms with Crippen LogP contribution in [0.2, 0.25) is 5.02 Å². The molecule has 1 aliphatic rings. The fraction of sp³-hybridized carbons (Fsp3) is 0.562. The molecular formula is C16H22ClNO2. The summed E-state index contributed by atoms with van der Waals surface area (Å²) < 4.78 is 5.53. The minimum Gasteiger partial charge on any atom is -0.491 e. The Balaban J connectivity index is 1.71. The van der Waals surface area contributed by atoms with E-state index in [-0.39, 0.29) is 5.91 Å². The van der Waals surface area contributed by atoms with E-state index in [1.54, 1.807) is 6.07 Å². The van der Waals surface area contributed by atoms with Crippen molar-refractivity contribution in [3.8, 4) is 5.75 Å². The molecule has 0 spiro atoms. The minimum atomic E-state index is 0.0656. The number of amides is 1. The standard InChI is InChI=1S/C16H22ClNO2/c1-12-6-2-4-8-14(12)18-16(19)10-11-20-15-9-5-3-7-13(15)17/h3,5,7,9,12,14H,2,4,6,8,10-11H2,1H3,(H,18,19). The van der Waals surface area contributed by atoms with Crippen LogP contribution < -0.4 is 10.1 Å². The lowest BCUT2D eigenvalue weighted by Crippen LogP contribution is -2.41. The highest BCUT2D eigenvalue weighted by Gasteiger charge is 2.22. The van der Waals surface area contributed by atoms with Crippen molar-refractivity contribution in [2.75, 3.05) is 6.61 Å². The lowest BCUT2D eigenvalue weighted by molar-refractivity contribution is -0.122. The maximum atomic E-state index is 11.9. The Labute approximate surface area is 125 Å². The number of hydrogen-bond acceptors (Lipinski definition) is 2. The van der Waals surface area contributed by atoms with Gasteiger partial charge < -0.3 is 10.1 Å². The van der Waals surface area contributed by atoms with Gasteiger partial charge in [0.1, 0.15) is 5.75 Å². The number of hydrogen-bond donors (Lipinski definition) is 1. The van der Waals surface area contributed by atoms with Crippen LogP contribution in [-0.2, 0) is 4.79 Å². The summed E-state index contributed by atoms with van der Waals surface area (Å²) in [7, 11) is 0. The molecule has 1 saturated carbocycles. The maximum absolute atomic E-state index is 11.9. The van der Waals surface area contributed by atoms with Crippen LogP contribution in [0.25, 0.3) is 0 Å². The van der Waals surface area contributed by atoms with Gasteiger partial charge in [0.05, 0.1) is 18.1 Å². The fourth-order valence-corrected chi connectivity index (χ4v) is 2.82. The van der Waals surface area contributed by atoms with Crippen LogP contribution in [0.15, 0.2) is 24.3 Å². The van der Waals surface area contributed by atoms with Crippen molar-refractivity contribution in [1.82, 2.24) is 5.32 Å². The Morgan fingerprint density at radius 3 is 2.85 bits per heavy atom. The number of halogens is 1. The minimum absolute atomic E-state index is 0.0656. The number of rotatable bonds is 5. The second-order valence-electron chi connectivity index (χ2n) is 5.46. The molecule has 1 fully saturated rings. The predicted molar refractivity (Wildman–Crippen MR) is 81.1 cm³/mol. The van der Waals surface area contributed by atoms with Crippen LogP contribution in [-0.4, -0.2) is 18.6 Å². The van der Waals surface area contributed by atoms with Crippen LogP contribution in [0.5, 0.6) is 5.75 Å². The van der Waals surface area contributed by atoms with Crippen molar-refractivity contribution >= 4 is 17.5 Å². The third-order valence-corrected chi connectivity index (χ3v) is 4.19. The lowest BCUT2D eigenvalue weighted by atomic mass is 9.86. The van der Waals surface area contributed by atoms with Crippen LogP contribution in [0.3, 0.4) is 0 Å². The van der Waals surface area contributed by atoms with Crippen molar-refractivity contribution in [2.24, 2.45) is 5.92 Å². The first kappa shape index (κ1) is 15.2. The molecule has 1 amide bonds. The van der Waals surface area contributed by atoms with Gasteiger partial charge in [-0.2, -0.15) is 0 Å². The molecule has 0 aromatic heterocycles. The van der Waals surface area contributed by atoms with Crippen LogP contribution in [0.4, 0.5) is 0 Å². The summed E-state index contributed by atoms with van der Waals surface area (Å²) in [6.45, 7) is 2.57. The number of para-hydroxylation sites is 1. The average molecular weight is 296 g/mol. The molecule has 2 atom stereocenters.